The molecule has 7 heteroatoms. The van der Waals surface area contributed by atoms with Crippen LogP contribution in [0.3, 0.4) is 0 Å². The zero-order valence-corrected chi connectivity index (χ0v) is 13.8. The lowest BCUT2D eigenvalue weighted by molar-refractivity contribution is -0.134. The number of hydrogen-bond donors (Lipinski definition) is 2. The van der Waals surface area contributed by atoms with Crippen LogP contribution < -0.4 is 5.48 Å². The van der Waals surface area contributed by atoms with E-state index in [4.69, 9.17) is 5.21 Å². The molecule has 0 atom stereocenters. The lowest BCUT2D eigenvalue weighted by atomic mass is 10.0. The van der Waals surface area contributed by atoms with Gasteiger partial charge in [0.2, 0.25) is 0 Å². The van der Waals surface area contributed by atoms with Gasteiger partial charge in [-0.2, -0.15) is 0 Å². The van der Waals surface area contributed by atoms with Crippen LogP contribution >= 0.6 is 11.8 Å². The first-order chi connectivity index (χ1) is 12.1. The maximum Gasteiger partial charge on any atom is 0.294 e. The van der Waals surface area contributed by atoms with Crippen LogP contribution in [0.5, 0.6) is 0 Å². The molecule has 0 saturated carbocycles. The van der Waals surface area contributed by atoms with Crippen molar-refractivity contribution < 1.29 is 19.6 Å². The number of hydroxylamine groups is 1. The standard InChI is InChI=1S/C18H14N2O4S/c21-16(19-24)11-20-17(22)15(25-18(20)23)10-12-6-8-14(9-7-12)13-4-2-1-3-5-13/h1-10,24H,11H2,(H,19,21)/b15-10-. The molecule has 0 spiro atoms. The van der Waals surface area contributed by atoms with Gasteiger partial charge >= 0.3 is 0 Å². The fourth-order valence-corrected chi connectivity index (χ4v) is 3.21. The fraction of sp³-hybridized carbons (Fsp3) is 0.0556. The number of nitrogens with one attached hydrogen (secondary N) is 1. The van der Waals surface area contributed by atoms with Crippen LogP contribution in [0.2, 0.25) is 0 Å². The molecule has 126 valence electrons. The van der Waals surface area contributed by atoms with Gasteiger partial charge in [-0.3, -0.25) is 24.5 Å². The van der Waals surface area contributed by atoms with Gasteiger partial charge in [0, 0.05) is 0 Å². The van der Waals surface area contributed by atoms with Gasteiger partial charge in [-0.05, 0) is 34.5 Å². The zero-order valence-electron chi connectivity index (χ0n) is 13.0. The lowest BCUT2D eigenvalue weighted by Crippen LogP contribution is -2.38. The molecular weight excluding hydrogens is 340 g/mol. The van der Waals surface area contributed by atoms with Crippen molar-refractivity contribution in [3.8, 4) is 11.1 Å². The summed E-state index contributed by atoms with van der Waals surface area (Å²) < 4.78 is 0. The van der Waals surface area contributed by atoms with Crippen molar-refractivity contribution in [2.45, 2.75) is 0 Å². The van der Waals surface area contributed by atoms with E-state index in [-0.39, 0.29) is 4.91 Å². The molecule has 2 aromatic carbocycles. The van der Waals surface area contributed by atoms with E-state index in [0.29, 0.717) is 0 Å². The van der Waals surface area contributed by atoms with Gasteiger partial charge < -0.3 is 0 Å². The molecule has 3 amide bonds. The van der Waals surface area contributed by atoms with Crippen molar-refractivity contribution >= 4 is 34.9 Å². The molecule has 25 heavy (non-hydrogen) atoms. The molecule has 2 N–H and O–H groups in total. The number of hydrogen-bond acceptors (Lipinski definition) is 5. The molecule has 1 aliphatic heterocycles. The van der Waals surface area contributed by atoms with Crippen molar-refractivity contribution in [2.75, 3.05) is 6.54 Å². The molecule has 6 nitrogen and oxygen atoms in total. The Morgan fingerprint density at radius 1 is 1.04 bits per heavy atom. The van der Waals surface area contributed by atoms with Crippen LogP contribution in [0.25, 0.3) is 17.2 Å². The Hall–Kier alpha value is -2.90. The summed E-state index contributed by atoms with van der Waals surface area (Å²) in [6.07, 6.45) is 1.61. The van der Waals surface area contributed by atoms with E-state index >= 15 is 0 Å². The molecule has 1 aliphatic rings. The number of thioether (sulfide) groups is 1. The smallest absolute Gasteiger partial charge is 0.289 e. The van der Waals surface area contributed by atoms with E-state index in [9.17, 15) is 14.4 Å². The first-order valence-electron chi connectivity index (χ1n) is 7.42. The Kier molecular flexibility index (Phi) is 4.97. The molecule has 0 unspecified atom stereocenters. The largest absolute Gasteiger partial charge is 0.294 e. The van der Waals surface area contributed by atoms with E-state index in [1.165, 1.54) is 5.48 Å². The number of carbonyl (C=O) groups excluding carboxylic acids is 3. The number of amides is 3. The highest BCUT2D eigenvalue weighted by molar-refractivity contribution is 8.18. The highest BCUT2D eigenvalue weighted by Gasteiger charge is 2.36. The van der Waals surface area contributed by atoms with Gasteiger partial charge in [-0.15, -0.1) is 0 Å². The monoisotopic (exact) mass is 354 g/mol. The lowest BCUT2D eigenvalue weighted by Gasteiger charge is -2.09. The van der Waals surface area contributed by atoms with Crippen LogP contribution in [-0.2, 0) is 9.59 Å². The van der Waals surface area contributed by atoms with Crippen molar-refractivity contribution in [1.82, 2.24) is 10.4 Å². The first-order valence-corrected chi connectivity index (χ1v) is 8.24. The number of imide groups is 1. The summed E-state index contributed by atoms with van der Waals surface area (Å²) in [5.74, 6) is -1.37. The maximum absolute atomic E-state index is 12.2. The third-order valence-electron chi connectivity index (χ3n) is 3.62. The molecule has 2 aromatic rings. The Morgan fingerprint density at radius 3 is 2.32 bits per heavy atom. The molecule has 0 aliphatic carbocycles. The Labute approximate surface area is 148 Å². The van der Waals surface area contributed by atoms with Gasteiger partial charge in [-0.25, -0.2) is 5.48 Å². The average molecular weight is 354 g/mol. The average Bonchev–Trinajstić information content (AvgIpc) is 2.90. The summed E-state index contributed by atoms with van der Waals surface area (Å²) in [5, 5.41) is 7.98. The van der Waals surface area contributed by atoms with E-state index in [1.807, 2.05) is 54.6 Å². The van der Waals surface area contributed by atoms with E-state index in [1.54, 1.807) is 6.08 Å². The molecule has 0 aromatic heterocycles. The summed E-state index contributed by atoms with van der Waals surface area (Å²) in [6, 6.07) is 17.5. The summed E-state index contributed by atoms with van der Waals surface area (Å²) in [6.45, 7) is -0.508. The number of carbonyl (C=O) groups is 3. The van der Waals surface area contributed by atoms with Gasteiger partial charge in [0.05, 0.1) is 4.91 Å². The Balaban J connectivity index is 1.78. The summed E-state index contributed by atoms with van der Waals surface area (Å²) in [4.78, 5) is 36.2. The van der Waals surface area contributed by atoms with Crippen LogP contribution in [0, 0.1) is 0 Å². The maximum atomic E-state index is 12.2. The number of rotatable bonds is 4. The fourth-order valence-electron chi connectivity index (χ4n) is 2.37. The third-order valence-corrected chi connectivity index (χ3v) is 4.52. The second-order valence-electron chi connectivity index (χ2n) is 5.29. The van der Waals surface area contributed by atoms with Gasteiger partial charge in [0.15, 0.2) is 0 Å². The SMILES string of the molecule is O=C(CN1C(=O)S/C(=C\c2ccc(-c3ccccc3)cc2)C1=O)NO. The molecular formula is C18H14N2O4S. The second kappa shape index (κ2) is 7.33. The van der Waals surface area contributed by atoms with Gasteiger partial charge in [-0.1, -0.05) is 54.6 Å². The van der Waals surface area contributed by atoms with E-state index < -0.39 is 23.6 Å². The number of benzene rings is 2. The van der Waals surface area contributed by atoms with Crippen molar-refractivity contribution in [2.24, 2.45) is 0 Å². The Morgan fingerprint density at radius 2 is 1.68 bits per heavy atom. The summed E-state index contributed by atoms with van der Waals surface area (Å²) in [7, 11) is 0. The molecule has 0 bridgehead atoms. The van der Waals surface area contributed by atoms with Crippen LogP contribution in [0.1, 0.15) is 5.56 Å². The van der Waals surface area contributed by atoms with Crippen molar-refractivity contribution in [1.29, 1.82) is 0 Å². The van der Waals surface area contributed by atoms with Crippen LogP contribution in [-0.4, -0.2) is 33.7 Å². The highest BCUT2D eigenvalue weighted by Crippen LogP contribution is 2.32. The highest BCUT2D eigenvalue weighted by atomic mass is 32.2. The quantitative estimate of drug-likeness (QED) is 0.501. The molecule has 1 heterocycles. The summed E-state index contributed by atoms with van der Waals surface area (Å²) >= 11 is 0.767. The molecule has 1 fully saturated rings. The Bertz CT molecular complexity index is 847. The van der Waals surface area contributed by atoms with Crippen molar-refractivity contribution in [3.63, 3.8) is 0 Å². The molecule has 0 radical (unpaired) electrons. The summed E-state index contributed by atoms with van der Waals surface area (Å²) in [5.41, 5.74) is 4.31. The third kappa shape index (κ3) is 3.78. The number of nitrogens with zero attached hydrogens (tertiary/aromatic N) is 1. The predicted molar refractivity (Wildman–Crippen MR) is 94.5 cm³/mol. The van der Waals surface area contributed by atoms with Crippen LogP contribution in [0.4, 0.5) is 4.79 Å². The predicted octanol–water partition coefficient (Wildman–Crippen LogP) is 2.90. The zero-order chi connectivity index (χ0) is 17.8. The van der Waals surface area contributed by atoms with Gasteiger partial charge in [0.25, 0.3) is 17.1 Å². The van der Waals surface area contributed by atoms with Gasteiger partial charge in [0.1, 0.15) is 6.54 Å². The second-order valence-corrected chi connectivity index (χ2v) is 6.28. The van der Waals surface area contributed by atoms with E-state index in [0.717, 1.165) is 33.4 Å². The minimum atomic E-state index is -0.823. The molecule has 3 rings (SSSR count). The van der Waals surface area contributed by atoms with E-state index in [2.05, 4.69) is 0 Å². The molecule has 1 saturated heterocycles. The topological polar surface area (TPSA) is 86.7 Å². The van der Waals surface area contributed by atoms with Crippen LogP contribution in [0.15, 0.2) is 59.5 Å². The normalized spacial score (nSPS) is 15.7. The minimum Gasteiger partial charge on any atom is -0.289 e. The first kappa shape index (κ1) is 16.9. The van der Waals surface area contributed by atoms with Crippen molar-refractivity contribution in [3.05, 3.63) is 65.1 Å². The minimum absolute atomic E-state index is 0.239.